The molecule has 1 aliphatic rings. The van der Waals surface area contributed by atoms with Gasteiger partial charge in [-0.3, -0.25) is 9.69 Å². The van der Waals surface area contributed by atoms with Crippen molar-refractivity contribution in [3.05, 3.63) is 47.3 Å². The Hall–Kier alpha value is -2.00. The van der Waals surface area contributed by atoms with Crippen LogP contribution in [0.2, 0.25) is 0 Å². The summed E-state index contributed by atoms with van der Waals surface area (Å²) in [5.41, 5.74) is 3.30. The lowest BCUT2D eigenvalue weighted by Gasteiger charge is -2.31. The van der Waals surface area contributed by atoms with Crippen LogP contribution in [0.5, 0.6) is 0 Å². The van der Waals surface area contributed by atoms with Crippen LogP contribution in [0.25, 0.3) is 5.69 Å². The van der Waals surface area contributed by atoms with Crippen LogP contribution in [0.3, 0.4) is 0 Å². The summed E-state index contributed by atoms with van der Waals surface area (Å²) in [5.74, 6) is 0.111. The Morgan fingerprint density at radius 1 is 1.07 bits per heavy atom. The summed E-state index contributed by atoms with van der Waals surface area (Å²) in [4.78, 5) is 17.4. The zero-order valence-corrected chi connectivity index (χ0v) is 16.8. The van der Waals surface area contributed by atoms with Crippen molar-refractivity contribution >= 4 is 15.8 Å². The largest absolute Gasteiger partial charge is 0.318 e. The highest BCUT2D eigenvalue weighted by Gasteiger charge is 2.21. The number of primary sulfonamides is 1. The van der Waals surface area contributed by atoms with Crippen LogP contribution < -0.4 is 5.14 Å². The maximum atomic E-state index is 12.8. The Bertz CT molecular complexity index is 940. The van der Waals surface area contributed by atoms with Gasteiger partial charge in [0.25, 0.3) is 0 Å². The lowest BCUT2D eigenvalue weighted by Crippen LogP contribution is -2.46. The van der Waals surface area contributed by atoms with Gasteiger partial charge in [0.2, 0.25) is 10.0 Å². The fourth-order valence-electron chi connectivity index (χ4n) is 3.52. The average Bonchev–Trinajstić information content (AvgIpc) is 2.91. The minimum atomic E-state index is -3.72. The third kappa shape index (κ3) is 4.30. The van der Waals surface area contributed by atoms with Gasteiger partial charge in [0.05, 0.1) is 11.4 Å². The number of carbonyl (C=O) groups excluding carboxylic acids is 1. The number of sulfonamides is 1. The number of aromatic nitrogens is 1. The average molecular weight is 391 g/mol. The maximum absolute atomic E-state index is 12.8. The summed E-state index contributed by atoms with van der Waals surface area (Å²) in [6.45, 7) is 8.02. The molecular formula is C19H26N4O3S. The van der Waals surface area contributed by atoms with Crippen molar-refractivity contribution in [3.8, 4) is 5.69 Å². The van der Waals surface area contributed by atoms with Crippen LogP contribution in [0, 0.1) is 13.8 Å². The van der Waals surface area contributed by atoms with Crippen LogP contribution in [-0.4, -0.2) is 68.3 Å². The van der Waals surface area contributed by atoms with Gasteiger partial charge in [-0.25, -0.2) is 13.6 Å². The zero-order chi connectivity index (χ0) is 19.8. The second kappa shape index (κ2) is 7.55. The molecule has 8 heteroatoms. The van der Waals surface area contributed by atoms with E-state index in [1.54, 1.807) is 12.1 Å². The smallest absolute Gasteiger partial charge is 0.238 e. The molecule has 0 bridgehead atoms. The first-order valence-corrected chi connectivity index (χ1v) is 10.5. The second-order valence-corrected chi connectivity index (χ2v) is 8.72. The molecule has 0 spiro atoms. The third-order valence-electron chi connectivity index (χ3n) is 5.12. The number of hydrogen-bond acceptors (Lipinski definition) is 5. The molecule has 27 heavy (non-hydrogen) atoms. The van der Waals surface area contributed by atoms with Gasteiger partial charge in [0, 0.05) is 48.8 Å². The number of Topliss-reactive ketones (excluding diaryl/α,β-unsaturated/α-hetero) is 1. The number of benzene rings is 1. The quantitative estimate of drug-likeness (QED) is 0.775. The predicted molar refractivity (Wildman–Crippen MR) is 105 cm³/mol. The molecule has 0 saturated carbocycles. The van der Waals surface area contributed by atoms with Crippen LogP contribution >= 0.6 is 0 Å². The molecule has 3 rings (SSSR count). The SMILES string of the molecule is Cc1cc(C(=O)CN2CCN(C)CC2)c(C)n1-c1ccc(S(N)(=O)=O)cc1. The van der Waals surface area contributed by atoms with E-state index in [0.29, 0.717) is 12.1 Å². The minimum Gasteiger partial charge on any atom is -0.318 e. The third-order valence-corrected chi connectivity index (χ3v) is 6.05. The summed E-state index contributed by atoms with van der Waals surface area (Å²) < 4.78 is 24.8. The number of aryl methyl sites for hydroxylation is 1. The topological polar surface area (TPSA) is 88.6 Å². The van der Waals surface area contributed by atoms with E-state index in [0.717, 1.165) is 43.3 Å². The van der Waals surface area contributed by atoms with Crippen molar-refractivity contribution in [2.75, 3.05) is 39.8 Å². The molecule has 2 aromatic rings. The van der Waals surface area contributed by atoms with Gasteiger partial charge < -0.3 is 9.47 Å². The highest BCUT2D eigenvalue weighted by molar-refractivity contribution is 7.89. The Labute approximate surface area is 160 Å². The Kier molecular flexibility index (Phi) is 5.53. The Balaban J connectivity index is 1.83. The van der Waals surface area contributed by atoms with E-state index in [1.807, 2.05) is 24.5 Å². The normalized spacial score (nSPS) is 16.6. The fraction of sp³-hybridized carbons (Fsp3) is 0.421. The molecule has 1 aromatic heterocycles. The van der Waals surface area contributed by atoms with Gasteiger partial charge >= 0.3 is 0 Å². The number of nitrogens with zero attached hydrogens (tertiary/aromatic N) is 3. The monoisotopic (exact) mass is 390 g/mol. The summed E-state index contributed by atoms with van der Waals surface area (Å²) in [6.07, 6.45) is 0. The minimum absolute atomic E-state index is 0.0695. The summed E-state index contributed by atoms with van der Waals surface area (Å²) >= 11 is 0. The zero-order valence-electron chi connectivity index (χ0n) is 16.0. The first kappa shape index (κ1) is 19.8. The van der Waals surface area contributed by atoms with E-state index in [1.165, 1.54) is 12.1 Å². The lowest BCUT2D eigenvalue weighted by atomic mass is 10.1. The predicted octanol–water partition coefficient (Wildman–Crippen LogP) is 1.17. The summed E-state index contributed by atoms with van der Waals surface area (Å²) in [5, 5.41) is 5.16. The number of likely N-dealkylation sites (N-methyl/N-ethyl adjacent to an activating group) is 1. The molecular weight excluding hydrogens is 364 g/mol. The van der Waals surface area contributed by atoms with E-state index in [2.05, 4.69) is 16.8 Å². The number of nitrogens with two attached hydrogens (primary N) is 1. The van der Waals surface area contributed by atoms with Crippen LogP contribution in [0.1, 0.15) is 21.7 Å². The number of rotatable bonds is 5. The van der Waals surface area contributed by atoms with E-state index in [4.69, 9.17) is 5.14 Å². The van der Waals surface area contributed by atoms with Crippen molar-refractivity contribution in [1.29, 1.82) is 0 Å². The van der Waals surface area contributed by atoms with Crippen molar-refractivity contribution in [3.63, 3.8) is 0 Å². The maximum Gasteiger partial charge on any atom is 0.238 e. The molecule has 1 aromatic carbocycles. The first-order valence-electron chi connectivity index (χ1n) is 8.93. The molecule has 0 aliphatic carbocycles. The highest BCUT2D eigenvalue weighted by atomic mass is 32.2. The molecule has 0 radical (unpaired) electrons. The van der Waals surface area contributed by atoms with Gasteiger partial charge in [0.15, 0.2) is 5.78 Å². The van der Waals surface area contributed by atoms with Crippen LogP contribution in [0.15, 0.2) is 35.2 Å². The Morgan fingerprint density at radius 3 is 2.22 bits per heavy atom. The number of piperazine rings is 1. The van der Waals surface area contributed by atoms with Crippen LogP contribution in [-0.2, 0) is 10.0 Å². The van der Waals surface area contributed by atoms with Gasteiger partial charge in [-0.15, -0.1) is 0 Å². The molecule has 7 nitrogen and oxygen atoms in total. The summed E-state index contributed by atoms with van der Waals surface area (Å²) in [7, 11) is -1.63. The second-order valence-electron chi connectivity index (χ2n) is 7.16. The van der Waals surface area contributed by atoms with E-state index >= 15 is 0 Å². The highest BCUT2D eigenvalue weighted by Crippen LogP contribution is 2.22. The molecule has 2 N–H and O–H groups in total. The number of hydrogen-bond donors (Lipinski definition) is 1. The number of carbonyl (C=O) groups is 1. The first-order chi connectivity index (χ1) is 12.7. The number of ketones is 1. The lowest BCUT2D eigenvalue weighted by molar-refractivity contribution is 0.0876. The van der Waals surface area contributed by atoms with Crippen molar-refractivity contribution in [1.82, 2.24) is 14.4 Å². The molecule has 0 amide bonds. The van der Waals surface area contributed by atoms with Crippen molar-refractivity contribution < 1.29 is 13.2 Å². The molecule has 1 fully saturated rings. The van der Waals surface area contributed by atoms with Crippen LogP contribution in [0.4, 0.5) is 0 Å². The van der Waals surface area contributed by atoms with E-state index in [-0.39, 0.29) is 10.7 Å². The summed E-state index contributed by atoms with van der Waals surface area (Å²) in [6, 6.07) is 8.27. The molecule has 0 atom stereocenters. The molecule has 146 valence electrons. The standard InChI is InChI=1S/C19H26N4O3S/c1-14-12-18(19(24)13-22-10-8-21(3)9-11-22)15(2)23(14)16-4-6-17(7-5-16)27(20,25)26/h4-7,12H,8-11,13H2,1-3H3,(H2,20,25,26). The van der Waals surface area contributed by atoms with E-state index in [9.17, 15) is 13.2 Å². The fourth-order valence-corrected chi connectivity index (χ4v) is 4.04. The molecule has 1 saturated heterocycles. The molecule has 1 aliphatic heterocycles. The van der Waals surface area contributed by atoms with Crippen molar-refractivity contribution in [2.24, 2.45) is 5.14 Å². The van der Waals surface area contributed by atoms with Gasteiger partial charge in [-0.2, -0.15) is 0 Å². The Morgan fingerprint density at radius 2 is 1.67 bits per heavy atom. The van der Waals surface area contributed by atoms with Crippen molar-refractivity contribution in [2.45, 2.75) is 18.7 Å². The van der Waals surface area contributed by atoms with Gasteiger partial charge in [0.1, 0.15) is 0 Å². The molecule has 0 unspecified atom stereocenters. The van der Waals surface area contributed by atoms with Gasteiger partial charge in [-0.1, -0.05) is 0 Å². The van der Waals surface area contributed by atoms with Gasteiger partial charge in [-0.05, 0) is 51.2 Å². The molecule has 2 heterocycles. The van der Waals surface area contributed by atoms with E-state index < -0.39 is 10.0 Å².